The molecule has 0 aliphatic rings. The minimum absolute atomic E-state index is 0.0461. The Kier molecular flexibility index (Phi) is 6.22. The van der Waals surface area contributed by atoms with Crippen molar-refractivity contribution in [3.8, 4) is 0 Å². The zero-order chi connectivity index (χ0) is 13.4. The van der Waals surface area contributed by atoms with E-state index in [-0.39, 0.29) is 5.91 Å². The van der Waals surface area contributed by atoms with Gasteiger partial charge in [0.15, 0.2) is 0 Å². The van der Waals surface area contributed by atoms with Crippen LogP contribution in [0.25, 0.3) is 0 Å². The van der Waals surface area contributed by atoms with E-state index in [4.69, 9.17) is 4.74 Å². The fourth-order valence-electron chi connectivity index (χ4n) is 1.71. The summed E-state index contributed by atoms with van der Waals surface area (Å²) in [5.74, 6) is -0.0461. The molecule has 0 heterocycles. The first kappa shape index (κ1) is 14.5. The third-order valence-electron chi connectivity index (χ3n) is 2.59. The highest BCUT2D eigenvalue weighted by Crippen LogP contribution is 2.14. The number of ether oxygens (including phenoxy) is 1. The molecule has 0 saturated heterocycles. The van der Waals surface area contributed by atoms with Crippen molar-refractivity contribution in [2.75, 3.05) is 31.6 Å². The molecule has 2 N–H and O–H groups in total. The summed E-state index contributed by atoms with van der Waals surface area (Å²) in [4.78, 5) is 11.9. The Balaban J connectivity index is 2.57. The first-order chi connectivity index (χ1) is 8.69. The highest BCUT2D eigenvalue weighted by atomic mass is 16.5. The second kappa shape index (κ2) is 7.71. The van der Waals surface area contributed by atoms with Gasteiger partial charge in [0.05, 0.1) is 6.61 Å². The highest BCUT2D eigenvalue weighted by molar-refractivity contribution is 5.96. The maximum atomic E-state index is 11.9. The Morgan fingerprint density at radius 3 is 2.72 bits per heavy atom. The second-order valence-electron chi connectivity index (χ2n) is 4.01. The summed E-state index contributed by atoms with van der Waals surface area (Å²) in [6.45, 7) is 8.57. The van der Waals surface area contributed by atoms with Crippen LogP contribution in [0, 0.1) is 6.92 Å². The molecule has 100 valence electrons. The molecule has 1 rings (SSSR count). The lowest BCUT2D eigenvalue weighted by molar-refractivity contribution is 0.0922. The number of benzene rings is 1. The number of anilines is 1. The van der Waals surface area contributed by atoms with Crippen LogP contribution in [0.3, 0.4) is 0 Å². The molecule has 4 nitrogen and oxygen atoms in total. The molecule has 1 aromatic rings. The number of rotatable bonds is 7. The topological polar surface area (TPSA) is 50.4 Å². The lowest BCUT2D eigenvalue weighted by Crippen LogP contribution is -2.27. The molecule has 0 saturated carbocycles. The van der Waals surface area contributed by atoms with Crippen LogP contribution in [0.1, 0.15) is 29.8 Å². The SMILES string of the molecule is CCNc1ccc(C(=O)NCCOCC)c(C)c1. The summed E-state index contributed by atoms with van der Waals surface area (Å²) in [6, 6.07) is 5.76. The Morgan fingerprint density at radius 2 is 2.11 bits per heavy atom. The molecule has 0 spiro atoms. The van der Waals surface area contributed by atoms with Crippen molar-refractivity contribution in [1.29, 1.82) is 0 Å². The van der Waals surface area contributed by atoms with Gasteiger partial charge in [0.1, 0.15) is 0 Å². The molecule has 0 atom stereocenters. The summed E-state index contributed by atoms with van der Waals surface area (Å²) < 4.78 is 5.18. The van der Waals surface area contributed by atoms with Crippen molar-refractivity contribution in [2.24, 2.45) is 0 Å². The summed E-state index contributed by atoms with van der Waals surface area (Å²) in [5.41, 5.74) is 2.73. The van der Waals surface area contributed by atoms with Gasteiger partial charge >= 0.3 is 0 Å². The van der Waals surface area contributed by atoms with Gasteiger partial charge < -0.3 is 15.4 Å². The van der Waals surface area contributed by atoms with Gasteiger partial charge in [-0.1, -0.05) is 0 Å². The van der Waals surface area contributed by atoms with Gasteiger partial charge in [-0.15, -0.1) is 0 Å². The molecule has 18 heavy (non-hydrogen) atoms. The lowest BCUT2D eigenvalue weighted by atomic mass is 10.1. The Hall–Kier alpha value is -1.55. The summed E-state index contributed by atoms with van der Waals surface area (Å²) in [5, 5.41) is 6.06. The van der Waals surface area contributed by atoms with Gasteiger partial charge in [-0.25, -0.2) is 0 Å². The van der Waals surface area contributed by atoms with E-state index >= 15 is 0 Å². The minimum Gasteiger partial charge on any atom is -0.385 e. The molecule has 1 amide bonds. The fourth-order valence-corrected chi connectivity index (χ4v) is 1.71. The minimum atomic E-state index is -0.0461. The zero-order valence-electron chi connectivity index (χ0n) is 11.4. The molecule has 1 aromatic carbocycles. The van der Waals surface area contributed by atoms with Gasteiger partial charge in [0, 0.05) is 30.9 Å². The molecule has 0 radical (unpaired) electrons. The Morgan fingerprint density at radius 1 is 1.33 bits per heavy atom. The number of hydrogen-bond donors (Lipinski definition) is 2. The van der Waals surface area contributed by atoms with E-state index in [1.807, 2.05) is 39.0 Å². The van der Waals surface area contributed by atoms with Crippen molar-refractivity contribution >= 4 is 11.6 Å². The van der Waals surface area contributed by atoms with Gasteiger partial charge in [0.2, 0.25) is 0 Å². The van der Waals surface area contributed by atoms with Gasteiger partial charge in [-0.05, 0) is 44.5 Å². The average molecular weight is 250 g/mol. The van der Waals surface area contributed by atoms with Crippen LogP contribution < -0.4 is 10.6 Å². The predicted molar refractivity (Wildman–Crippen MR) is 74.2 cm³/mol. The summed E-state index contributed by atoms with van der Waals surface area (Å²) in [6.07, 6.45) is 0. The van der Waals surface area contributed by atoms with E-state index in [9.17, 15) is 4.79 Å². The van der Waals surface area contributed by atoms with Gasteiger partial charge in [-0.2, -0.15) is 0 Å². The molecule has 0 fully saturated rings. The van der Waals surface area contributed by atoms with Crippen molar-refractivity contribution in [3.05, 3.63) is 29.3 Å². The molecular formula is C14H22N2O2. The second-order valence-corrected chi connectivity index (χ2v) is 4.01. The molecule has 4 heteroatoms. The first-order valence-corrected chi connectivity index (χ1v) is 6.39. The van der Waals surface area contributed by atoms with Crippen LogP contribution in [0.2, 0.25) is 0 Å². The van der Waals surface area contributed by atoms with Crippen molar-refractivity contribution in [3.63, 3.8) is 0 Å². The third-order valence-corrected chi connectivity index (χ3v) is 2.59. The third kappa shape index (κ3) is 4.37. The van der Waals surface area contributed by atoms with E-state index in [0.717, 1.165) is 17.8 Å². The van der Waals surface area contributed by atoms with Crippen LogP contribution in [0.4, 0.5) is 5.69 Å². The summed E-state index contributed by atoms with van der Waals surface area (Å²) in [7, 11) is 0. The number of hydrogen-bond acceptors (Lipinski definition) is 3. The molecule has 0 bridgehead atoms. The predicted octanol–water partition coefficient (Wildman–Crippen LogP) is 2.19. The largest absolute Gasteiger partial charge is 0.385 e. The van der Waals surface area contributed by atoms with Crippen molar-refractivity contribution < 1.29 is 9.53 Å². The number of carbonyl (C=O) groups excluding carboxylic acids is 1. The van der Waals surface area contributed by atoms with Crippen molar-refractivity contribution in [2.45, 2.75) is 20.8 Å². The van der Waals surface area contributed by atoms with Crippen LogP contribution in [-0.2, 0) is 4.74 Å². The highest BCUT2D eigenvalue weighted by Gasteiger charge is 2.08. The van der Waals surface area contributed by atoms with E-state index in [1.165, 1.54) is 0 Å². The van der Waals surface area contributed by atoms with Crippen molar-refractivity contribution in [1.82, 2.24) is 5.32 Å². The van der Waals surface area contributed by atoms with Crippen LogP contribution in [0.15, 0.2) is 18.2 Å². The zero-order valence-corrected chi connectivity index (χ0v) is 11.4. The van der Waals surface area contributed by atoms with Crippen LogP contribution in [-0.4, -0.2) is 32.2 Å². The maximum Gasteiger partial charge on any atom is 0.251 e. The Bertz CT molecular complexity index is 391. The average Bonchev–Trinajstić information content (AvgIpc) is 2.35. The van der Waals surface area contributed by atoms with Gasteiger partial charge in [0.25, 0.3) is 5.91 Å². The molecule has 0 unspecified atom stereocenters. The van der Waals surface area contributed by atoms with E-state index in [2.05, 4.69) is 10.6 Å². The quantitative estimate of drug-likeness (QED) is 0.729. The monoisotopic (exact) mass is 250 g/mol. The Labute approximate surface area is 109 Å². The normalized spacial score (nSPS) is 10.2. The number of aryl methyl sites for hydroxylation is 1. The van der Waals surface area contributed by atoms with Gasteiger partial charge in [-0.3, -0.25) is 4.79 Å². The molecule has 0 aliphatic heterocycles. The first-order valence-electron chi connectivity index (χ1n) is 6.39. The van der Waals surface area contributed by atoms with E-state index in [0.29, 0.717) is 25.3 Å². The maximum absolute atomic E-state index is 11.9. The molecular weight excluding hydrogens is 228 g/mol. The molecule has 0 aromatic heterocycles. The lowest BCUT2D eigenvalue weighted by Gasteiger charge is -2.10. The van der Waals surface area contributed by atoms with E-state index in [1.54, 1.807) is 0 Å². The number of carbonyl (C=O) groups is 1. The standard InChI is InChI=1S/C14H22N2O2/c1-4-15-12-6-7-13(11(3)10-12)14(17)16-8-9-18-5-2/h6-7,10,15H,4-5,8-9H2,1-3H3,(H,16,17). The smallest absolute Gasteiger partial charge is 0.251 e. The molecule has 0 aliphatic carbocycles. The fraction of sp³-hybridized carbons (Fsp3) is 0.500. The van der Waals surface area contributed by atoms with E-state index < -0.39 is 0 Å². The van der Waals surface area contributed by atoms with Crippen LogP contribution >= 0.6 is 0 Å². The summed E-state index contributed by atoms with van der Waals surface area (Å²) >= 11 is 0. The van der Waals surface area contributed by atoms with Crippen LogP contribution in [0.5, 0.6) is 0 Å². The number of nitrogens with one attached hydrogen (secondary N) is 2. The number of amides is 1.